The first-order valence-electron chi connectivity index (χ1n) is 38.5. The maximum atomic E-state index is 13.1. The van der Waals surface area contributed by atoms with Crippen molar-refractivity contribution < 1.29 is 80.2 Å². The van der Waals surface area contributed by atoms with E-state index < -0.39 is 97.5 Å². The van der Waals surface area contributed by atoms with Gasteiger partial charge in [0, 0.05) is 25.7 Å². The van der Waals surface area contributed by atoms with E-state index in [9.17, 15) is 43.2 Å². The Morgan fingerprint density at radius 1 is 0.296 bits per heavy atom. The Kier molecular flexibility index (Phi) is 68.4. The summed E-state index contributed by atoms with van der Waals surface area (Å²) in [6.45, 7) is 4.63. The summed E-state index contributed by atoms with van der Waals surface area (Å²) in [5, 5.41) is 10.6. The molecule has 0 aromatic carbocycles. The summed E-state index contributed by atoms with van der Waals surface area (Å²) in [6.07, 6.45) is 73.9. The van der Waals surface area contributed by atoms with Crippen LogP contribution in [0.15, 0.2) is 97.2 Å². The maximum absolute atomic E-state index is 13.1. The summed E-state index contributed by atoms with van der Waals surface area (Å²) in [5.74, 6) is -2.21. The maximum Gasteiger partial charge on any atom is 0.472 e. The number of rotatable bonds is 72. The van der Waals surface area contributed by atoms with Crippen LogP contribution in [0.5, 0.6) is 0 Å². The van der Waals surface area contributed by atoms with Crippen LogP contribution in [0.3, 0.4) is 0 Å². The summed E-state index contributed by atoms with van der Waals surface area (Å²) < 4.78 is 68.4. The summed E-state index contributed by atoms with van der Waals surface area (Å²) in [4.78, 5) is 72.8. The van der Waals surface area contributed by atoms with Crippen LogP contribution in [0, 0.1) is 0 Å². The molecule has 17 nitrogen and oxygen atoms in total. The lowest BCUT2D eigenvalue weighted by atomic mass is 10.1. The van der Waals surface area contributed by atoms with E-state index in [0.29, 0.717) is 25.7 Å². The van der Waals surface area contributed by atoms with Gasteiger partial charge in [-0.15, -0.1) is 0 Å². The van der Waals surface area contributed by atoms with Gasteiger partial charge in [0.1, 0.15) is 19.3 Å². The number of allylic oxidation sites excluding steroid dienone is 16. The molecule has 0 amide bonds. The van der Waals surface area contributed by atoms with E-state index >= 15 is 0 Å². The lowest BCUT2D eigenvalue weighted by Crippen LogP contribution is -2.30. The van der Waals surface area contributed by atoms with Gasteiger partial charge in [-0.3, -0.25) is 37.3 Å². The topological polar surface area (TPSA) is 237 Å². The van der Waals surface area contributed by atoms with Crippen LogP contribution < -0.4 is 0 Å². The molecular weight excluding hydrogens is 1280 g/mol. The standard InChI is InChI=1S/C79H138O17P2/c1-5-9-13-17-21-25-29-33-34-35-36-37-38-42-44-48-52-56-60-64-77(82)90-70-75(96-79(84)66-62-58-54-50-46-41-32-28-24-20-16-12-8-4)72-94-98(87,88)92-68-73(80)67-91-97(85,86)93-71-74(95-78(83)65-61-57-53-49-45-40-31-27-23-19-15-11-7-3)69-89-76(81)63-59-55-51-47-43-39-30-26-22-18-14-10-6-2/h9,13,16,20-21,25-28,30-34,36-37,73-75,80H,5-8,10-12,14-15,17-19,22-24,29,35,38-72H2,1-4H3,(H,85,86)(H,87,88)/b13-9-,20-16-,25-21-,30-26-,31-27-,32-28-,34-33-,37-36-. The van der Waals surface area contributed by atoms with Crippen molar-refractivity contribution in [2.75, 3.05) is 39.6 Å². The van der Waals surface area contributed by atoms with Gasteiger partial charge in [-0.1, -0.05) is 253 Å². The summed E-state index contributed by atoms with van der Waals surface area (Å²) in [7, 11) is -9.95. The Bertz CT molecular complexity index is 2240. The van der Waals surface area contributed by atoms with Gasteiger partial charge >= 0.3 is 39.5 Å². The number of carbonyl (C=O) groups is 4. The van der Waals surface area contributed by atoms with Crippen molar-refractivity contribution in [2.24, 2.45) is 0 Å². The van der Waals surface area contributed by atoms with Crippen molar-refractivity contribution in [1.29, 1.82) is 0 Å². The van der Waals surface area contributed by atoms with Crippen molar-refractivity contribution in [2.45, 2.75) is 341 Å². The molecule has 0 aromatic rings. The average molecular weight is 1420 g/mol. The van der Waals surface area contributed by atoms with Crippen LogP contribution in [-0.2, 0) is 65.4 Å². The molecule has 0 spiro atoms. The van der Waals surface area contributed by atoms with Gasteiger partial charge in [-0.25, -0.2) is 9.13 Å². The van der Waals surface area contributed by atoms with Gasteiger partial charge < -0.3 is 33.8 Å². The molecule has 0 rings (SSSR count). The zero-order chi connectivity index (χ0) is 71.8. The fourth-order valence-corrected chi connectivity index (χ4v) is 11.7. The fraction of sp³-hybridized carbons (Fsp3) is 0.747. The number of aliphatic hydroxyl groups is 1. The first-order valence-corrected chi connectivity index (χ1v) is 41.5. The van der Waals surface area contributed by atoms with Crippen molar-refractivity contribution in [1.82, 2.24) is 0 Å². The Labute approximate surface area is 595 Å². The van der Waals surface area contributed by atoms with Gasteiger partial charge in [0.2, 0.25) is 0 Å². The zero-order valence-electron chi connectivity index (χ0n) is 61.7. The summed E-state index contributed by atoms with van der Waals surface area (Å²) in [6, 6.07) is 0. The van der Waals surface area contributed by atoms with E-state index in [0.717, 1.165) is 193 Å². The fourth-order valence-electron chi connectivity index (χ4n) is 10.1. The highest BCUT2D eigenvalue weighted by atomic mass is 31.2. The minimum absolute atomic E-state index is 0.0748. The van der Waals surface area contributed by atoms with Gasteiger partial charge in [0.05, 0.1) is 26.4 Å². The third kappa shape index (κ3) is 70.4. The molecule has 5 unspecified atom stereocenters. The molecule has 3 N–H and O–H groups in total. The molecule has 0 aliphatic carbocycles. The summed E-state index contributed by atoms with van der Waals surface area (Å²) in [5.41, 5.74) is 0. The van der Waals surface area contributed by atoms with Crippen LogP contribution >= 0.6 is 15.6 Å². The van der Waals surface area contributed by atoms with Crippen molar-refractivity contribution in [3.05, 3.63) is 97.2 Å². The third-order valence-corrected chi connectivity index (χ3v) is 17.9. The molecule has 98 heavy (non-hydrogen) atoms. The number of esters is 4. The highest BCUT2D eigenvalue weighted by molar-refractivity contribution is 7.47. The van der Waals surface area contributed by atoms with Crippen LogP contribution in [0.25, 0.3) is 0 Å². The van der Waals surface area contributed by atoms with Crippen LogP contribution in [0.1, 0.15) is 323 Å². The monoisotopic (exact) mass is 1420 g/mol. The molecule has 0 bridgehead atoms. The van der Waals surface area contributed by atoms with Crippen LogP contribution in [-0.4, -0.2) is 96.7 Å². The number of hydrogen-bond acceptors (Lipinski definition) is 15. The predicted molar refractivity (Wildman–Crippen MR) is 399 cm³/mol. The lowest BCUT2D eigenvalue weighted by molar-refractivity contribution is -0.161. The third-order valence-electron chi connectivity index (χ3n) is 16.0. The Hall–Kier alpha value is -4.02. The molecule has 0 aromatic heterocycles. The number of carbonyl (C=O) groups excluding carboxylic acids is 4. The van der Waals surface area contributed by atoms with Crippen LogP contribution in [0.4, 0.5) is 0 Å². The Balaban J connectivity index is 5.34. The highest BCUT2D eigenvalue weighted by Gasteiger charge is 2.30. The first-order chi connectivity index (χ1) is 47.7. The molecule has 0 aliphatic rings. The van der Waals surface area contributed by atoms with E-state index in [1.54, 1.807) is 0 Å². The van der Waals surface area contributed by atoms with E-state index in [2.05, 4.69) is 125 Å². The van der Waals surface area contributed by atoms with E-state index in [1.165, 1.54) is 51.4 Å². The first kappa shape index (κ1) is 94.0. The van der Waals surface area contributed by atoms with Gasteiger partial charge in [-0.05, 0) is 141 Å². The second kappa shape index (κ2) is 71.4. The minimum atomic E-state index is -4.98. The number of phosphoric acid groups is 2. The number of ether oxygens (including phenoxy) is 4. The largest absolute Gasteiger partial charge is 0.472 e. The van der Waals surface area contributed by atoms with Gasteiger partial charge in [0.25, 0.3) is 0 Å². The number of hydrogen-bond donors (Lipinski definition) is 3. The number of unbranched alkanes of at least 4 members (excludes halogenated alkanes) is 30. The minimum Gasteiger partial charge on any atom is -0.462 e. The molecule has 0 aliphatic heterocycles. The zero-order valence-corrected chi connectivity index (χ0v) is 63.5. The predicted octanol–water partition coefficient (Wildman–Crippen LogP) is 22.0. The van der Waals surface area contributed by atoms with Gasteiger partial charge in [-0.2, -0.15) is 0 Å². The second-order valence-corrected chi connectivity index (χ2v) is 28.5. The molecule has 5 atom stereocenters. The van der Waals surface area contributed by atoms with Crippen molar-refractivity contribution in [3.63, 3.8) is 0 Å². The number of phosphoric ester groups is 2. The number of aliphatic hydroxyl groups excluding tert-OH is 1. The molecule has 0 saturated heterocycles. The quantitative estimate of drug-likeness (QED) is 0.0169. The molecule has 0 radical (unpaired) electrons. The van der Waals surface area contributed by atoms with Crippen molar-refractivity contribution >= 4 is 39.5 Å². The smallest absolute Gasteiger partial charge is 0.462 e. The van der Waals surface area contributed by atoms with E-state index in [4.69, 9.17) is 37.0 Å². The van der Waals surface area contributed by atoms with E-state index in [1.807, 2.05) is 0 Å². The van der Waals surface area contributed by atoms with Gasteiger partial charge in [0.15, 0.2) is 12.2 Å². The molecule has 0 saturated carbocycles. The Morgan fingerprint density at radius 2 is 0.551 bits per heavy atom. The normalized spacial score (nSPS) is 14.5. The molecule has 0 fully saturated rings. The Morgan fingerprint density at radius 3 is 0.867 bits per heavy atom. The van der Waals surface area contributed by atoms with E-state index in [-0.39, 0.29) is 25.7 Å². The highest BCUT2D eigenvalue weighted by Crippen LogP contribution is 2.45. The molecule has 0 heterocycles. The average Bonchev–Trinajstić information content (AvgIpc) is 0.966. The van der Waals surface area contributed by atoms with Crippen molar-refractivity contribution in [3.8, 4) is 0 Å². The summed E-state index contributed by atoms with van der Waals surface area (Å²) >= 11 is 0. The SMILES string of the molecule is CC/C=C\C/C=C\C/C=C\C/C=C\CCCCCCCCC(=O)OCC(COP(=O)(O)OCC(O)COP(=O)(O)OCC(COC(=O)CCCCCCC/C=C\CCCCCC)OC(=O)CCCCCCC/C=C\CCCCCC)OC(=O)CCCCCCC/C=C\C/C=C\CCC. The lowest BCUT2D eigenvalue weighted by Gasteiger charge is -2.21. The van der Waals surface area contributed by atoms with Crippen LogP contribution in [0.2, 0.25) is 0 Å². The molecular formula is C79H138O17P2. The molecule has 19 heteroatoms. The molecule has 566 valence electrons. The second-order valence-electron chi connectivity index (χ2n) is 25.6.